The third-order valence-electron chi connectivity index (χ3n) is 10.7. The molecule has 0 unspecified atom stereocenters. The fourth-order valence-electron chi connectivity index (χ4n) is 7.77. The van der Waals surface area contributed by atoms with E-state index in [1.165, 1.54) is 0 Å². The van der Waals surface area contributed by atoms with Crippen LogP contribution in [0, 0.1) is 11.8 Å². The zero-order chi connectivity index (χ0) is 35.9. The standard InChI is InChI=1S/C36H54O14/c1-3-21-15-10-16-23(30(21)50-35-29(41)28(40)26(38)19(2)45-35)47-36-32(49-34(44)22-13-8-5-9-14-22)31(27(39)25(18-37)48-36)46-24(33(42)43)17-20-11-6-4-7-12-20/h5,8-9,13-14,19-21,23-32,35-41H,3-4,6-7,10-12,15-18H2,1-2H3,(H,42,43)/t19-,21+,23-,24+,25-,26+,27+,28+,29-,30+,31+,32-,35+,36+/m1/s1. The van der Waals surface area contributed by atoms with E-state index in [1.54, 1.807) is 37.3 Å². The summed E-state index contributed by atoms with van der Waals surface area (Å²) in [5.74, 6) is -1.98. The number of hydrogen-bond donors (Lipinski definition) is 6. The summed E-state index contributed by atoms with van der Waals surface area (Å²) in [7, 11) is 0. The number of rotatable bonds is 13. The quantitative estimate of drug-likeness (QED) is 0.162. The van der Waals surface area contributed by atoms with Gasteiger partial charge in [0.15, 0.2) is 24.8 Å². The van der Waals surface area contributed by atoms with E-state index in [1.807, 2.05) is 6.92 Å². The maximum absolute atomic E-state index is 13.5. The Morgan fingerprint density at radius 2 is 1.54 bits per heavy atom. The molecule has 2 aliphatic heterocycles. The van der Waals surface area contributed by atoms with Crippen LogP contribution in [0.25, 0.3) is 0 Å². The van der Waals surface area contributed by atoms with Crippen molar-refractivity contribution in [2.45, 2.75) is 158 Å². The fraction of sp³-hybridized carbons (Fsp3) is 0.778. The van der Waals surface area contributed by atoms with Crippen LogP contribution in [0.2, 0.25) is 0 Å². The van der Waals surface area contributed by atoms with Gasteiger partial charge in [-0.1, -0.05) is 70.1 Å². The average Bonchev–Trinajstić information content (AvgIpc) is 3.12. The van der Waals surface area contributed by atoms with Gasteiger partial charge in [0.1, 0.15) is 36.6 Å². The summed E-state index contributed by atoms with van der Waals surface area (Å²) in [5.41, 5.74) is 0.198. The molecule has 14 heteroatoms. The van der Waals surface area contributed by atoms with Crippen molar-refractivity contribution in [1.29, 1.82) is 0 Å². The lowest BCUT2D eigenvalue weighted by Crippen LogP contribution is -2.64. The Balaban J connectivity index is 1.44. The van der Waals surface area contributed by atoms with Crippen LogP contribution in [0.3, 0.4) is 0 Å². The third kappa shape index (κ3) is 9.21. The second kappa shape index (κ2) is 18.0. The molecule has 4 fully saturated rings. The van der Waals surface area contributed by atoms with E-state index in [0.29, 0.717) is 12.8 Å². The van der Waals surface area contributed by atoms with Crippen molar-refractivity contribution >= 4 is 11.9 Å². The van der Waals surface area contributed by atoms with Gasteiger partial charge in [-0.3, -0.25) is 0 Å². The van der Waals surface area contributed by atoms with E-state index >= 15 is 0 Å². The van der Waals surface area contributed by atoms with Gasteiger partial charge in [-0.05, 0) is 50.2 Å². The smallest absolute Gasteiger partial charge is 0.338 e. The summed E-state index contributed by atoms with van der Waals surface area (Å²) in [5, 5.41) is 63.3. The van der Waals surface area contributed by atoms with Crippen LogP contribution < -0.4 is 0 Å². The predicted octanol–water partition coefficient (Wildman–Crippen LogP) is 1.91. The maximum atomic E-state index is 13.5. The minimum Gasteiger partial charge on any atom is -0.479 e. The zero-order valence-corrected chi connectivity index (χ0v) is 28.8. The molecular weight excluding hydrogens is 656 g/mol. The van der Waals surface area contributed by atoms with Crippen molar-refractivity contribution in [3.8, 4) is 0 Å². The Labute approximate surface area is 292 Å². The van der Waals surface area contributed by atoms with Crippen LogP contribution >= 0.6 is 0 Å². The van der Waals surface area contributed by atoms with Gasteiger partial charge < -0.3 is 59.1 Å². The number of benzene rings is 1. The minimum atomic E-state index is -1.58. The molecule has 2 saturated carbocycles. The molecule has 0 amide bonds. The number of carbonyl (C=O) groups is 2. The van der Waals surface area contributed by atoms with Crippen molar-refractivity contribution in [2.75, 3.05) is 6.61 Å². The number of hydrogen-bond acceptors (Lipinski definition) is 13. The number of carboxylic acids is 1. The Morgan fingerprint density at radius 3 is 2.20 bits per heavy atom. The second-order valence-corrected chi connectivity index (χ2v) is 14.2. The summed E-state index contributed by atoms with van der Waals surface area (Å²) in [4.78, 5) is 26.0. The Morgan fingerprint density at radius 1 is 0.820 bits per heavy atom. The highest BCUT2D eigenvalue weighted by Crippen LogP contribution is 2.38. The summed E-state index contributed by atoms with van der Waals surface area (Å²) in [6.07, 6.45) is -8.91. The van der Waals surface area contributed by atoms with Crippen LogP contribution in [0.1, 0.15) is 88.4 Å². The second-order valence-electron chi connectivity index (χ2n) is 14.2. The molecule has 2 heterocycles. The third-order valence-corrected chi connectivity index (χ3v) is 10.7. The first-order valence-electron chi connectivity index (χ1n) is 18.1. The number of carbonyl (C=O) groups excluding carboxylic acids is 1. The van der Waals surface area contributed by atoms with Gasteiger partial charge in [0, 0.05) is 0 Å². The highest BCUT2D eigenvalue weighted by atomic mass is 16.7. The molecule has 1 aromatic rings. The van der Waals surface area contributed by atoms with Crippen molar-refractivity contribution in [1.82, 2.24) is 0 Å². The van der Waals surface area contributed by atoms with E-state index in [0.717, 1.165) is 44.9 Å². The van der Waals surface area contributed by atoms with Crippen LogP contribution in [0.4, 0.5) is 0 Å². The maximum Gasteiger partial charge on any atom is 0.338 e. The van der Waals surface area contributed by atoms with Crippen molar-refractivity contribution in [3.63, 3.8) is 0 Å². The minimum absolute atomic E-state index is 0.0871. The first-order valence-corrected chi connectivity index (χ1v) is 18.1. The molecule has 14 nitrogen and oxygen atoms in total. The van der Waals surface area contributed by atoms with E-state index in [-0.39, 0.29) is 23.8 Å². The normalized spacial score (nSPS) is 39.1. The number of aliphatic hydroxyl groups excluding tert-OH is 5. The zero-order valence-electron chi connectivity index (χ0n) is 28.8. The van der Waals surface area contributed by atoms with Gasteiger partial charge >= 0.3 is 11.9 Å². The Hall–Kier alpha value is -2.24. The Bertz CT molecular complexity index is 1210. The Kier molecular flexibility index (Phi) is 14.0. The van der Waals surface area contributed by atoms with Crippen LogP contribution in [0.5, 0.6) is 0 Å². The molecule has 0 spiro atoms. The molecule has 0 radical (unpaired) electrons. The molecule has 5 rings (SSSR count). The molecule has 0 bridgehead atoms. The topological polar surface area (TPSA) is 211 Å². The largest absolute Gasteiger partial charge is 0.479 e. The molecule has 6 N–H and O–H groups in total. The average molecular weight is 711 g/mol. The summed E-state index contributed by atoms with van der Waals surface area (Å²) in [6.45, 7) is 2.87. The van der Waals surface area contributed by atoms with Gasteiger partial charge in [0.2, 0.25) is 0 Å². The van der Waals surface area contributed by atoms with Crippen LogP contribution in [0.15, 0.2) is 30.3 Å². The molecule has 4 aliphatic rings. The molecule has 1 aromatic carbocycles. The van der Waals surface area contributed by atoms with Crippen molar-refractivity contribution < 1.29 is 68.6 Å². The van der Waals surface area contributed by atoms with E-state index in [4.69, 9.17) is 28.4 Å². The molecule has 2 aliphatic carbocycles. The van der Waals surface area contributed by atoms with Crippen LogP contribution in [-0.2, 0) is 33.2 Å². The lowest BCUT2D eigenvalue weighted by Gasteiger charge is -2.48. The van der Waals surface area contributed by atoms with E-state index < -0.39 is 98.3 Å². The number of aliphatic hydroxyl groups is 5. The van der Waals surface area contributed by atoms with E-state index in [9.17, 15) is 40.2 Å². The SMILES string of the molecule is CC[C@H]1CCC[C@@H](O[C@H]2O[C@H](CO)[C@H](O)[C@H](O[C@@H](CC3CCCCC3)C(=O)O)[C@H]2OC(=O)c2ccccc2)[C@H]1O[C@@H]1O[C@H](C)[C@H](O)[C@H](O)[C@H]1O. The monoisotopic (exact) mass is 710 g/mol. The summed E-state index contributed by atoms with van der Waals surface area (Å²) < 4.78 is 36.8. The first-order chi connectivity index (χ1) is 24.0. The van der Waals surface area contributed by atoms with Gasteiger partial charge in [-0.2, -0.15) is 0 Å². The molecule has 2 saturated heterocycles. The predicted molar refractivity (Wildman–Crippen MR) is 175 cm³/mol. The molecule has 282 valence electrons. The highest BCUT2D eigenvalue weighted by Gasteiger charge is 2.53. The number of aliphatic carboxylic acids is 1. The lowest BCUT2D eigenvalue weighted by molar-refractivity contribution is -0.348. The highest BCUT2D eigenvalue weighted by molar-refractivity contribution is 5.89. The number of ether oxygens (including phenoxy) is 6. The summed E-state index contributed by atoms with van der Waals surface area (Å²) >= 11 is 0. The van der Waals surface area contributed by atoms with Gasteiger partial charge in [-0.25, -0.2) is 9.59 Å². The van der Waals surface area contributed by atoms with Crippen LogP contribution in [-0.4, -0.2) is 129 Å². The van der Waals surface area contributed by atoms with E-state index in [2.05, 4.69) is 0 Å². The van der Waals surface area contributed by atoms with Crippen molar-refractivity contribution in [3.05, 3.63) is 35.9 Å². The summed E-state index contributed by atoms with van der Waals surface area (Å²) in [6, 6.07) is 8.14. The number of esters is 1. The van der Waals surface area contributed by atoms with Gasteiger partial charge in [-0.15, -0.1) is 0 Å². The van der Waals surface area contributed by atoms with Gasteiger partial charge in [0.25, 0.3) is 0 Å². The molecule has 50 heavy (non-hydrogen) atoms. The first kappa shape index (κ1) is 39.0. The lowest BCUT2D eigenvalue weighted by atomic mass is 9.82. The van der Waals surface area contributed by atoms with Gasteiger partial charge in [0.05, 0.1) is 30.5 Å². The molecular formula is C36H54O14. The van der Waals surface area contributed by atoms with Crippen molar-refractivity contribution in [2.24, 2.45) is 11.8 Å². The fourth-order valence-corrected chi connectivity index (χ4v) is 7.77. The molecule has 0 aromatic heterocycles. The molecule has 14 atom stereocenters. The number of carboxylic acid groups (broad SMARTS) is 1.